The highest BCUT2D eigenvalue weighted by Crippen LogP contribution is 2.24. The summed E-state index contributed by atoms with van der Waals surface area (Å²) in [5, 5.41) is 9.29. The van der Waals surface area contributed by atoms with E-state index in [4.69, 9.17) is 0 Å². The van der Waals surface area contributed by atoms with Crippen molar-refractivity contribution in [1.29, 1.82) is 0 Å². The fraction of sp³-hybridized carbons (Fsp3) is 0.643. The van der Waals surface area contributed by atoms with Crippen LogP contribution in [0.1, 0.15) is 56.0 Å². The summed E-state index contributed by atoms with van der Waals surface area (Å²) in [7, 11) is 0. The van der Waals surface area contributed by atoms with E-state index in [1.807, 2.05) is 10.6 Å². The standard InChI is InChI=1S/C14H21NO2/c1-3-10(2)15-13-7-5-4-6-11(13)8-12(9-16)14(15)17/h8,10,16H,3-7,9H2,1-2H3. The van der Waals surface area contributed by atoms with E-state index in [1.165, 1.54) is 24.1 Å². The topological polar surface area (TPSA) is 42.2 Å². The van der Waals surface area contributed by atoms with Crippen LogP contribution in [0.15, 0.2) is 10.9 Å². The van der Waals surface area contributed by atoms with Gasteiger partial charge in [-0.05, 0) is 50.7 Å². The number of aryl methyl sites for hydroxylation is 1. The monoisotopic (exact) mass is 235 g/mol. The predicted octanol–water partition coefficient (Wildman–Crippen LogP) is 2.19. The Balaban J connectivity index is 2.64. The van der Waals surface area contributed by atoms with Crippen molar-refractivity contribution in [3.05, 3.63) is 33.2 Å². The van der Waals surface area contributed by atoms with Crippen molar-refractivity contribution in [1.82, 2.24) is 4.57 Å². The molecule has 2 rings (SSSR count). The maximum absolute atomic E-state index is 12.3. The van der Waals surface area contributed by atoms with Crippen molar-refractivity contribution in [3.63, 3.8) is 0 Å². The molecule has 0 fully saturated rings. The van der Waals surface area contributed by atoms with E-state index < -0.39 is 0 Å². The lowest BCUT2D eigenvalue weighted by molar-refractivity contribution is 0.277. The van der Waals surface area contributed by atoms with E-state index in [0.29, 0.717) is 5.56 Å². The molecule has 1 aromatic rings. The van der Waals surface area contributed by atoms with E-state index in [1.54, 1.807) is 0 Å². The molecule has 1 atom stereocenters. The molecule has 1 heterocycles. The second kappa shape index (κ2) is 5.05. The smallest absolute Gasteiger partial charge is 0.256 e. The summed E-state index contributed by atoms with van der Waals surface area (Å²) in [6, 6.07) is 2.14. The SMILES string of the molecule is CCC(C)n1c2c(cc(CO)c1=O)CCCC2. The van der Waals surface area contributed by atoms with Crippen molar-refractivity contribution in [2.45, 2.75) is 58.6 Å². The highest BCUT2D eigenvalue weighted by Gasteiger charge is 2.19. The number of hydrogen-bond acceptors (Lipinski definition) is 2. The summed E-state index contributed by atoms with van der Waals surface area (Å²) < 4.78 is 1.92. The van der Waals surface area contributed by atoms with Gasteiger partial charge in [0.1, 0.15) is 0 Å². The minimum atomic E-state index is -0.150. The van der Waals surface area contributed by atoms with Crippen molar-refractivity contribution in [3.8, 4) is 0 Å². The normalized spacial score (nSPS) is 16.6. The second-order valence-corrected chi connectivity index (χ2v) is 4.94. The maximum Gasteiger partial charge on any atom is 0.256 e. The van der Waals surface area contributed by atoms with Crippen LogP contribution < -0.4 is 5.56 Å². The third-order valence-electron chi connectivity index (χ3n) is 3.82. The average Bonchev–Trinajstić information content (AvgIpc) is 2.37. The molecule has 1 aliphatic carbocycles. The van der Waals surface area contributed by atoms with Gasteiger partial charge in [0, 0.05) is 17.3 Å². The quantitative estimate of drug-likeness (QED) is 0.872. The maximum atomic E-state index is 12.3. The van der Waals surface area contributed by atoms with Gasteiger partial charge in [0.15, 0.2) is 0 Å². The van der Waals surface area contributed by atoms with Crippen LogP contribution in [0.25, 0.3) is 0 Å². The Hall–Kier alpha value is -1.09. The van der Waals surface area contributed by atoms with Gasteiger partial charge in [-0.2, -0.15) is 0 Å². The molecule has 0 radical (unpaired) electrons. The van der Waals surface area contributed by atoms with Crippen LogP contribution in [-0.4, -0.2) is 9.67 Å². The number of rotatable bonds is 3. The van der Waals surface area contributed by atoms with E-state index >= 15 is 0 Å². The van der Waals surface area contributed by atoms with Crippen molar-refractivity contribution >= 4 is 0 Å². The lowest BCUT2D eigenvalue weighted by atomic mass is 9.93. The van der Waals surface area contributed by atoms with Crippen molar-refractivity contribution in [2.75, 3.05) is 0 Å². The molecule has 3 heteroatoms. The molecular weight excluding hydrogens is 214 g/mol. The number of aromatic nitrogens is 1. The van der Waals surface area contributed by atoms with Crippen LogP contribution in [0.5, 0.6) is 0 Å². The van der Waals surface area contributed by atoms with Crippen LogP contribution in [0.4, 0.5) is 0 Å². The number of pyridine rings is 1. The van der Waals surface area contributed by atoms with Crippen molar-refractivity contribution < 1.29 is 5.11 Å². The predicted molar refractivity (Wildman–Crippen MR) is 68.3 cm³/mol. The summed E-state index contributed by atoms with van der Waals surface area (Å²) in [5.74, 6) is 0. The largest absolute Gasteiger partial charge is 0.391 e. The first-order valence-electron chi connectivity index (χ1n) is 6.56. The zero-order valence-corrected chi connectivity index (χ0v) is 10.7. The molecule has 0 aliphatic heterocycles. The second-order valence-electron chi connectivity index (χ2n) is 4.94. The molecule has 0 spiro atoms. The molecule has 1 aliphatic rings. The molecule has 1 N–H and O–H groups in total. The molecule has 1 unspecified atom stereocenters. The van der Waals surface area contributed by atoms with Crippen LogP contribution in [0, 0.1) is 0 Å². The summed E-state index contributed by atoms with van der Waals surface area (Å²) >= 11 is 0. The minimum Gasteiger partial charge on any atom is -0.391 e. The Bertz CT molecular complexity index is 462. The van der Waals surface area contributed by atoms with Crippen LogP contribution in [0.3, 0.4) is 0 Å². The Labute approximate surface area is 102 Å². The minimum absolute atomic E-state index is 0.00231. The van der Waals surface area contributed by atoms with Crippen molar-refractivity contribution in [2.24, 2.45) is 0 Å². The fourth-order valence-electron chi connectivity index (χ4n) is 2.65. The van der Waals surface area contributed by atoms with E-state index in [-0.39, 0.29) is 18.2 Å². The number of hydrogen-bond donors (Lipinski definition) is 1. The summed E-state index contributed by atoms with van der Waals surface area (Å²) in [6.07, 6.45) is 5.35. The lowest BCUT2D eigenvalue weighted by Crippen LogP contribution is -2.31. The Morgan fingerprint density at radius 2 is 2.12 bits per heavy atom. The molecule has 0 saturated carbocycles. The highest BCUT2D eigenvalue weighted by molar-refractivity contribution is 5.29. The lowest BCUT2D eigenvalue weighted by Gasteiger charge is -2.25. The van der Waals surface area contributed by atoms with E-state index in [0.717, 1.165) is 19.3 Å². The first-order chi connectivity index (χ1) is 8.19. The third-order valence-corrected chi connectivity index (χ3v) is 3.82. The first-order valence-corrected chi connectivity index (χ1v) is 6.56. The van der Waals surface area contributed by atoms with Crippen LogP contribution in [-0.2, 0) is 19.4 Å². The zero-order chi connectivity index (χ0) is 12.4. The van der Waals surface area contributed by atoms with Gasteiger partial charge in [0.25, 0.3) is 5.56 Å². The molecule has 0 saturated heterocycles. The van der Waals surface area contributed by atoms with Gasteiger partial charge in [-0.15, -0.1) is 0 Å². The summed E-state index contributed by atoms with van der Waals surface area (Å²) in [4.78, 5) is 12.3. The highest BCUT2D eigenvalue weighted by atomic mass is 16.3. The third kappa shape index (κ3) is 2.16. The molecule has 94 valence electrons. The van der Waals surface area contributed by atoms with Gasteiger partial charge >= 0.3 is 0 Å². The molecule has 1 aromatic heterocycles. The molecule has 0 bridgehead atoms. The molecule has 0 amide bonds. The number of aliphatic hydroxyl groups is 1. The summed E-state index contributed by atoms with van der Waals surface area (Å²) in [5.41, 5.74) is 3.02. The number of fused-ring (bicyclic) bond motifs is 1. The first kappa shape index (κ1) is 12.4. The average molecular weight is 235 g/mol. The zero-order valence-electron chi connectivity index (χ0n) is 10.7. The van der Waals surface area contributed by atoms with Crippen LogP contribution >= 0.6 is 0 Å². The van der Waals surface area contributed by atoms with Gasteiger partial charge in [-0.25, -0.2) is 0 Å². The molecule has 17 heavy (non-hydrogen) atoms. The van der Waals surface area contributed by atoms with Crippen LogP contribution in [0.2, 0.25) is 0 Å². The van der Waals surface area contributed by atoms with E-state index in [2.05, 4.69) is 13.8 Å². The van der Waals surface area contributed by atoms with Gasteiger partial charge in [0.05, 0.1) is 6.61 Å². The van der Waals surface area contributed by atoms with Gasteiger partial charge in [-0.1, -0.05) is 6.92 Å². The Morgan fingerprint density at radius 1 is 1.41 bits per heavy atom. The number of aliphatic hydroxyl groups excluding tert-OH is 1. The van der Waals surface area contributed by atoms with E-state index in [9.17, 15) is 9.90 Å². The van der Waals surface area contributed by atoms with Gasteiger partial charge < -0.3 is 9.67 Å². The summed E-state index contributed by atoms with van der Waals surface area (Å²) in [6.45, 7) is 4.03. The molecule has 0 aromatic carbocycles. The van der Waals surface area contributed by atoms with Gasteiger partial charge in [0.2, 0.25) is 0 Å². The fourth-order valence-corrected chi connectivity index (χ4v) is 2.65. The number of nitrogens with zero attached hydrogens (tertiary/aromatic N) is 1. The molecule has 3 nitrogen and oxygen atoms in total. The Morgan fingerprint density at radius 3 is 2.76 bits per heavy atom. The Kier molecular flexibility index (Phi) is 3.67. The molecular formula is C14H21NO2. The van der Waals surface area contributed by atoms with Gasteiger partial charge in [-0.3, -0.25) is 4.79 Å².